The van der Waals surface area contributed by atoms with Crippen LogP contribution >= 0.6 is 35.7 Å². The van der Waals surface area contributed by atoms with Gasteiger partial charge in [-0.1, -0.05) is 12.1 Å². The summed E-state index contributed by atoms with van der Waals surface area (Å²) in [5.41, 5.74) is 0.988. The highest BCUT2D eigenvalue weighted by Crippen LogP contribution is 2.21. The molecule has 0 atom stereocenters. The van der Waals surface area contributed by atoms with Crippen molar-refractivity contribution in [1.82, 2.24) is 14.9 Å². The highest BCUT2D eigenvalue weighted by Gasteiger charge is 2.26. The summed E-state index contributed by atoms with van der Waals surface area (Å²) in [5.74, 6) is 1.80. The number of halogens is 1. The number of sulfonamides is 1. The second kappa shape index (κ2) is 12.0. The quantitative estimate of drug-likeness (QED) is 0.243. The number of nitrogens with zero attached hydrogens (tertiary/aromatic N) is 2. The third kappa shape index (κ3) is 6.90. The molecule has 148 valence electrons. The number of hydrogen-bond donors (Lipinski definition) is 2. The molecular weight excluding hydrogens is 483 g/mol. The van der Waals surface area contributed by atoms with Gasteiger partial charge in [0.2, 0.25) is 10.0 Å². The number of guanidine groups is 1. The average Bonchev–Trinajstić information content (AvgIpc) is 3.16. The van der Waals surface area contributed by atoms with Crippen molar-refractivity contribution in [3.63, 3.8) is 0 Å². The first-order chi connectivity index (χ1) is 12.1. The predicted molar refractivity (Wildman–Crippen MR) is 121 cm³/mol. The fraction of sp³-hybridized carbons (Fsp3) is 0.588. The minimum absolute atomic E-state index is 0. The Bertz CT molecular complexity index is 660. The van der Waals surface area contributed by atoms with Crippen LogP contribution in [0.2, 0.25) is 0 Å². The molecule has 0 aliphatic carbocycles. The molecule has 9 heteroatoms. The van der Waals surface area contributed by atoms with Gasteiger partial charge in [-0.15, -0.1) is 24.0 Å². The van der Waals surface area contributed by atoms with Crippen LogP contribution in [-0.2, 0) is 16.6 Å². The summed E-state index contributed by atoms with van der Waals surface area (Å²) in [6, 6.07) is 7.06. The van der Waals surface area contributed by atoms with E-state index < -0.39 is 10.0 Å². The highest BCUT2D eigenvalue weighted by molar-refractivity contribution is 14.0. The van der Waals surface area contributed by atoms with Crippen LogP contribution in [0.4, 0.5) is 0 Å². The van der Waals surface area contributed by atoms with E-state index in [9.17, 15) is 8.42 Å². The van der Waals surface area contributed by atoms with E-state index in [1.165, 1.54) is 0 Å². The second-order valence-electron chi connectivity index (χ2n) is 5.87. The fourth-order valence-corrected chi connectivity index (χ4v) is 4.45. The van der Waals surface area contributed by atoms with E-state index in [2.05, 4.69) is 21.9 Å². The van der Waals surface area contributed by atoms with E-state index in [-0.39, 0.29) is 24.0 Å². The number of thioether (sulfide) groups is 1. The Balaban J connectivity index is 0.00000338. The van der Waals surface area contributed by atoms with Crippen molar-refractivity contribution in [1.29, 1.82) is 0 Å². The van der Waals surface area contributed by atoms with Gasteiger partial charge in [-0.25, -0.2) is 13.4 Å². The fourth-order valence-electron chi connectivity index (χ4n) is 2.63. The van der Waals surface area contributed by atoms with E-state index in [1.807, 2.05) is 19.1 Å². The van der Waals surface area contributed by atoms with Gasteiger partial charge in [0.15, 0.2) is 5.96 Å². The van der Waals surface area contributed by atoms with Crippen molar-refractivity contribution in [2.45, 2.75) is 31.2 Å². The first-order valence-corrected chi connectivity index (χ1v) is 11.5. The van der Waals surface area contributed by atoms with E-state index in [4.69, 9.17) is 0 Å². The molecule has 1 aliphatic rings. The monoisotopic (exact) mass is 512 g/mol. The summed E-state index contributed by atoms with van der Waals surface area (Å²) in [4.78, 5) is 4.92. The molecule has 0 unspecified atom stereocenters. The molecular formula is C17H29IN4O2S2. The van der Waals surface area contributed by atoms with Gasteiger partial charge in [-0.2, -0.15) is 16.1 Å². The molecule has 0 amide bonds. The van der Waals surface area contributed by atoms with Crippen LogP contribution in [0.1, 0.15) is 25.3 Å². The number of rotatable bonds is 8. The van der Waals surface area contributed by atoms with Gasteiger partial charge >= 0.3 is 0 Å². The van der Waals surface area contributed by atoms with Crippen molar-refractivity contribution >= 4 is 51.7 Å². The summed E-state index contributed by atoms with van der Waals surface area (Å²) in [7, 11) is -3.34. The molecule has 1 aliphatic heterocycles. The zero-order valence-electron chi connectivity index (χ0n) is 15.4. The van der Waals surface area contributed by atoms with Crippen molar-refractivity contribution < 1.29 is 8.42 Å². The lowest BCUT2D eigenvalue weighted by Crippen LogP contribution is -2.38. The lowest BCUT2D eigenvalue weighted by Gasteiger charge is -2.15. The number of aliphatic imine (C=N–C) groups is 1. The Hall–Kier alpha value is -0.520. The van der Waals surface area contributed by atoms with Crippen LogP contribution in [0.5, 0.6) is 0 Å². The van der Waals surface area contributed by atoms with Crippen LogP contribution in [0, 0.1) is 0 Å². The van der Waals surface area contributed by atoms with E-state index in [0.717, 1.165) is 43.2 Å². The molecule has 2 N–H and O–H groups in total. The van der Waals surface area contributed by atoms with Crippen molar-refractivity contribution in [2.24, 2.45) is 4.99 Å². The first-order valence-electron chi connectivity index (χ1n) is 8.68. The summed E-state index contributed by atoms with van der Waals surface area (Å²) in [6.07, 6.45) is 3.97. The molecule has 0 aromatic heterocycles. The Kier molecular flexibility index (Phi) is 10.9. The smallest absolute Gasteiger partial charge is 0.243 e. The SMILES string of the molecule is CCNC(=NCc1ccc(S(=O)(=O)N2CCCC2)cc1)NCCSC.I. The minimum Gasteiger partial charge on any atom is -0.357 e. The summed E-state index contributed by atoms with van der Waals surface area (Å²) < 4.78 is 26.6. The largest absolute Gasteiger partial charge is 0.357 e. The maximum absolute atomic E-state index is 12.5. The molecule has 26 heavy (non-hydrogen) atoms. The van der Waals surface area contributed by atoms with Gasteiger partial charge in [-0.05, 0) is 43.7 Å². The van der Waals surface area contributed by atoms with Gasteiger partial charge in [0, 0.05) is 31.9 Å². The van der Waals surface area contributed by atoms with Crippen LogP contribution in [0.25, 0.3) is 0 Å². The van der Waals surface area contributed by atoms with E-state index in [1.54, 1.807) is 28.2 Å². The summed E-state index contributed by atoms with van der Waals surface area (Å²) in [6.45, 7) is 5.46. The van der Waals surface area contributed by atoms with Gasteiger partial charge in [0.25, 0.3) is 0 Å². The second-order valence-corrected chi connectivity index (χ2v) is 8.79. The molecule has 2 rings (SSSR count). The summed E-state index contributed by atoms with van der Waals surface area (Å²) in [5, 5.41) is 6.49. The van der Waals surface area contributed by atoms with E-state index in [0.29, 0.717) is 24.5 Å². The Morgan fingerprint density at radius 1 is 1.19 bits per heavy atom. The van der Waals surface area contributed by atoms with Crippen LogP contribution in [0.15, 0.2) is 34.2 Å². The molecule has 1 aromatic rings. The number of hydrogen-bond acceptors (Lipinski definition) is 4. The van der Waals surface area contributed by atoms with Gasteiger partial charge in [-0.3, -0.25) is 0 Å². The molecule has 1 aromatic carbocycles. The number of benzene rings is 1. The normalized spacial score (nSPS) is 15.5. The minimum atomic E-state index is -3.34. The Morgan fingerprint density at radius 3 is 2.42 bits per heavy atom. The molecule has 0 bridgehead atoms. The molecule has 0 radical (unpaired) electrons. The molecule has 0 saturated carbocycles. The Morgan fingerprint density at radius 2 is 1.85 bits per heavy atom. The molecule has 1 fully saturated rings. The predicted octanol–water partition coefficient (Wildman–Crippen LogP) is 2.51. The van der Waals surface area contributed by atoms with Crippen molar-refractivity contribution in [3.8, 4) is 0 Å². The maximum Gasteiger partial charge on any atom is 0.243 e. The summed E-state index contributed by atoms with van der Waals surface area (Å²) >= 11 is 1.78. The average molecular weight is 512 g/mol. The first kappa shape index (κ1) is 23.5. The van der Waals surface area contributed by atoms with Crippen molar-refractivity contribution in [2.75, 3.05) is 38.2 Å². The molecule has 6 nitrogen and oxygen atoms in total. The van der Waals surface area contributed by atoms with E-state index >= 15 is 0 Å². The van der Waals surface area contributed by atoms with Gasteiger partial charge < -0.3 is 10.6 Å². The molecule has 1 heterocycles. The molecule has 0 spiro atoms. The lowest BCUT2D eigenvalue weighted by atomic mass is 10.2. The third-order valence-corrected chi connectivity index (χ3v) is 6.51. The Labute approximate surface area is 178 Å². The van der Waals surface area contributed by atoms with Gasteiger partial charge in [0.1, 0.15) is 0 Å². The van der Waals surface area contributed by atoms with Crippen molar-refractivity contribution in [3.05, 3.63) is 29.8 Å². The van der Waals surface area contributed by atoms with Gasteiger partial charge in [0.05, 0.1) is 11.4 Å². The molecule has 1 saturated heterocycles. The van der Waals surface area contributed by atoms with Crippen LogP contribution < -0.4 is 10.6 Å². The van der Waals surface area contributed by atoms with Crippen LogP contribution in [-0.4, -0.2) is 56.9 Å². The number of nitrogens with one attached hydrogen (secondary N) is 2. The zero-order valence-corrected chi connectivity index (χ0v) is 19.4. The maximum atomic E-state index is 12.5. The van der Waals surface area contributed by atoms with Crippen LogP contribution in [0.3, 0.4) is 0 Å². The topological polar surface area (TPSA) is 73.8 Å². The highest BCUT2D eigenvalue weighted by atomic mass is 127. The third-order valence-electron chi connectivity index (χ3n) is 3.99. The zero-order chi connectivity index (χ0) is 18.1. The standard InChI is InChI=1S/C17H28N4O2S2.HI/c1-3-18-17(19-10-13-24-2)20-14-15-6-8-16(9-7-15)25(22,23)21-11-4-5-12-21;/h6-9H,3-5,10-14H2,1-2H3,(H2,18,19,20);1H. The lowest BCUT2D eigenvalue weighted by molar-refractivity contribution is 0.477.